The minimum Gasteiger partial charge on any atom is -0.478 e. The third-order valence-electron chi connectivity index (χ3n) is 2.47. The molecule has 2 rings (SSSR count). The van der Waals surface area contributed by atoms with Crippen molar-refractivity contribution in [3.63, 3.8) is 0 Å². The van der Waals surface area contributed by atoms with Crippen molar-refractivity contribution >= 4 is 23.4 Å². The van der Waals surface area contributed by atoms with E-state index in [-0.39, 0.29) is 15.4 Å². The van der Waals surface area contributed by atoms with Crippen molar-refractivity contribution in [1.82, 2.24) is 0 Å². The fourth-order valence-corrected chi connectivity index (χ4v) is 2.51. The van der Waals surface area contributed by atoms with Gasteiger partial charge >= 0.3 is 5.97 Å². The van der Waals surface area contributed by atoms with Gasteiger partial charge in [0.1, 0.15) is 11.6 Å². The Hall–Kier alpha value is -2.48. The van der Waals surface area contributed by atoms with E-state index in [0.29, 0.717) is 11.8 Å². The van der Waals surface area contributed by atoms with E-state index >= 15 is 0 Å². The number of carboxylic acids is 1. The quantitative estimate of drug-likeness (QED) is 0.687. The van der Waals surface area contributed by atoms with E-state index < -0.39 is 28.2 Å². The molecule has 0 aromatic heterocycles. The molecule has 0 aliphatic carbocycles. The zero-order chi connectivity index (χ0) is 15.6. The van der Waals surface area contributed by atoms with E-state index in [1.165, 1.54) is 0 Å². The van der Waals surface area contributed by atoms with Crippen molar-refractivity contribution in [2.24, 2.45) is 0 Å². The summed E-state index contributed by atoms with van der Waals surface area (Å²) in [5, 5.41) is 19.5. The van der Waals surface area contributed by atoms with Gasteiger partial charge in [-0.3, -0.25) is 10.1 Å². The number of non-ortho nitro benzene ring substituents is 1. The average Bonchev–Trinajstić information content (AvgIpc) is 2.40. The summed E-state index contributed by atoms with van der Waals surface area (Å²) >= 11 is 0.709. The number of aromatic carboxylic acids is 1. The van der Waals surface area contributed by atoms with Crippen LogP contribution in [0.2, 0.25) is 0 Å². The molecule has 8 heteroatoms. The number of nitro benzene ring substituents is 1. The van der Waals surface area contributed by atoms with Crippen molar-refractivity contribution in [1.29, 1.82) is 0 Å². The monoisotopic (exact) mass is 311 g/mol. The van der Waals surface area contributed by atoms with Crippen LogP contribution in [0.5, 0.6) is 0 Å². The Bertz CT molecular complexity index is 736. The number of nitrogens with zero attached hydrogens (tertiary/aromatic N) is 1. The molecule has 2 aromatic carbocycles. The Morgan fingerprint density at radius 3 is 2.52 bits per heavy atom. The molecule has 108 valence electrons. The van der Waals surface area contributed by atoms with Crippen LogP contribution in [0.4, 0.5) is 14.5 Å². The largest absolute Gasteiger partial charge is 0.478 e. The van der Waals surface area contributed by atoms with Gasteiger partial charge in [-0.15, -0.1) is 0 Å². The van der Waals surface area contributed by atoms with Gasteiger partial charge in [0, 0.05) is 15.9 Å². The number of rotatable bonds is 4. The zero-order valence-corrected chi connectivity index (χ0v) is 11.1. The molecule has 0 heterocycles. The first-order valence-electron chi connectivity index (χ1n) is 5.52. The van der Waals surface area contributed by atoms with E-state index in [0.717, 1.165) is 36.4 Å². The van der Waals surface area contributed by atoms with Crippen molar-refractivity contribution in [2.45, 2.75) is 9.79 Å². The summed E-state index contributed by atoms with van der Waals surface area (Å²) in [5.74, 6) is -2.76. The second-order valence-corrected chi connectivity index (χ2v) is 5.07. The molecule has 0 spiro atoms. The van der Waals surface area contributed by atoms with E-state index in [1.54, 1.807) is 0 Å². The Morgan fingerprint density at radius 2 is 1.90 bits per heavy atom. The topological polar surface area (TPSA) is 80.4 Å². The number of halogens is 2. The van der Waals surface area contributed by atoms with Crippen LogP contribution >= 0.6 is 11.8 Å². The lowest BCUT2D eigenvalue weighted by molar-refractivity contribution is -0.385. The zero-order valence-electron chi connectivity index (χ0n) is 10.2. The van der Waals surface area contributed by atoms with Gasteiger partial charge in [0.25, 0.3) is 5.69 Å². The van der Waals surface area contributed by atoms with Crippen LogP contribution in [0.3, 0.4) is 0 Å². The standard InChI is InChI=1S/C13H7F2NO4S/c14-8-4-9(16(19)20)6-10(5-8)21-12-3-7(13(17)18)1-2-11(12)15/h1-6H,(H,17,18). The molecule has 21 heavy (non-hydrogen) atoms. The lowest BCUT2D eigenvalue weighted by Crippen LogP contribution is -1.97. The van der Waals surface area contributed by atoms with Crippen molar-refractivity contribution in [2.75, 3.05) is 0 Å². The van der Waals surface area contributed by atoms with Gasteiger partial charge in [0.05, 0.1) is 16.6 Å². The number of carbonyl (C=O) groups is 1. The predicted octanol–water partition coefficient (Wildman–Crippen LogP) is 3.72. The van der Waals surface area contributed by atoms with Gasteiger partial charge in [-0.05, 0) is 24.3 Å². The minimum absolute atomic E-state index is 0.0604. The minimum atomic E-state index is -1.23. The fraction of sp³-hybridized carbons (Fsp3) is 0. The van der Waals surface area contributed by atoms with Crippen LogP contribution in [-0.4, -0.2) is 16.0 Å². The van der Waals surface area contributed by atoms with Crippen LogP contribution in [0.1, 0.15) is 10.4 Å². The molecule has 0 saturated carbocycles. The lowest BCUT2D eigenvalue weighted by Gasteiger charge is -2.05. The van der Waals surface area contributed by atoms with Crippen LogP contribution in [0.15, 0.2) is 46.2 Å². The summed E-state index contributed by atoms with van der Waals surface area (Å²) in [6.07, 6.45) is 0. The molecule has 0 aliphatic rings. The SMILES string of the molecule is O=C(O)c1ccc(F)c(Sc2cc(F)cc([N+](=O)[O-])c2)c1. The normalized spacial score (nSPS) is 10.4. The van der Waals surface area contributed by atoms with Gasteiger partial charge in [-0.1, -0.05) is 11.8 Å². The first-order valence-corrected chi connectivity index (χ1v) is 6.34. The highest BCUT2D eigenvalue weighted by Gasteiger charge is 2.14. The second-order valence-electron chi connectivity index (χ2n) is 3.95. The number of carboxylic acid groups (broad SMARTS) is 1. The summed E-state index contributed by atoms with van der Waals surface area (Å²) in [7, 11) is 0. The van der Waals surface area contributed by atoms with E-state index in [1.807, 2.05) is 0 Å². The van der Waals surface area contributed by atoms with Crippen molar-refractivity contribution < 1.29 is 23.6 Å². The highest BCUT2D eigenvalue weighted by atomic mass is 32.2. The predicted molar refractivity (Wildman–Crippen MR) is 70.5 cm³/mol. The highest BCUT2D eigenvalue weighted by molar-refractivity contribution is 7.99. The molecule has 0 saturated heterocycles. The molecule has 5 nitrogen and oxygen atoms in total. The second kappa shape index (κ2) is 5.88. The molecule has 0 radical (unpaired) electrons. The first kappa shape index (κ1) is 14.9. The van der Waals surface area contributed by atoms with Crippen LogP contribution in [0, 0.1) is 21.7 Å². The molecular formula is C13H7F2NO4S. The smallest absolute Gasteiger partial charge is 0.335 e. The number of hydrogen-bond acceptors (Lipinski definition) is 4. The molecule has 0 bridgehead atoms. The molecule has 0 amide bonds. The Balaban J connectivity index is 2.40. The van der Waals surface area contributed by atoms with E-state index in [2.05, 4.69) is 0 Å². The summed E-state index contributed by atoms with van der Waals surface area (Å²) in [4.78, 5) is 20.8. The number of nitro groups is 1. The highest BCUT2D eigenvalue weighted by Crippen LogP contribution is 2.33. The summed E-state index contributed by atoms with van der Waals surface area (Å²) < 4.78 is 26.9. The first-order chi connectivity index (χ1) is 9.86. The molecule has 2 aromatic rings. The fourth-order valence-electron chi connectivity index (χ4n) is 1.55. The summed E-state index contributed by atoms with van der Waals surface area (Å²) in [5.41, 5.74) is -0.600. The van der Waals surface area contributed by atoms with Crippen molar-refractivity contribution in [3.05, 3.63) is 63.7 Å². The third kappa shape index (κ3) is 3.54. The maximum absolute atomic E-state index is 13.6. The van der Waals surface area contributed by atoms with Gasteiger partial charge in [-0.2, -0.15) is 0 Å². The van der Waals surface area contributed by atoms with Gasteiger partial charge in [-0.25, -0.2) is 13.6 Å². The number of benzene rings is 2. The van der Waals surface area contributed by atoms with Crippen LogP contribution < -0.4 is 0 Å². The van der Waals surface area contributed by atoms with Gasteiger partial charge in [0.2, 0.25) is 0 Å². The maximum atomic E-state index is 13.6. The van der Waals surface area contributed by atoms with E-state index in [4.69, 9.17) is 5.11 Å². The molecule has 0 aliphatic heterocycles. The van der Waals surface area contributed by atoms with Gasteiger partial charge < -0.3 is 5.11 Å². The number of hydrogen-bond donors (Lipinski definition) is 1. The van der Waals surface area contributed by atoms with Crippen molar-refractivity contribution in [3.8, 4) is 0 Å². The average molecular weight is 311 g/mol. The van der Waals surface area contributed by atoms with E-state index in [9.17, 15) is 23.7 Å². The maximum Gasteiger partial charge on any atom is 0.335 e. The van der Waals surface area contributed by atoms with Crippen LogP contribution in [-0.2, 0) is 0 Å². The Kier molecular flexibility index (Phi) is 4.18. The molecule has 0 fully saturated rings. The summed E-state index contributed by atoms with van der Waals surface area (Å²) in [6, 6.07) is 5.98. The lowest BCUT2D eigenvalue weighted by atomic mass is 10.2. The molecular weight excluding hydrogens is 304 g/mol. The molecule has 0 atom stereocenters. The molecule has 1 N–H and O–H groups in total. The third-order valence-corrected chi connectivity index (χ3v) is 3.48. The Labute approximate surface area is 121 Å². The van der Waals surface area contributed by atoms with Crippen LogP contribution in [0.25, 0.3) is 0 Å². The Morgan fingerprint density at radius 1 is 1.19 bits per heavy atom. The van der Waals surface area contributed by atoms with Gasteiger partial charge in [0.15, 0.2) is 0 Å². The molecule has 0 unspecified atom stereocenters. The summed E-state index contributed by atoms with van der Waals surface area (Å²) in [6.45, 7) is 0.